The van der Waals surface area contributed by atoms with Crippen molar-refractivity contribution in [3.63, 3.8) is 0 Å². The third-order valence-electron chi connectivity index (χ3n) is 8.63. The van der Waals surface area contributed by atoms with Crippen LogP contribution in [0.1, 0.15) is 11.1 Å². The fourth-order valence-electron chi connectivity index (χ4n) is 6.30. The van der Waals surface area contributed by atoms with Crippen LogP contribution in [-0.2, 0) is 6.18 Å². The summed E-state index contributed by atoms with van der Waals surface area (Å²) in [5, 5.41) is 4.62. The monoisotopic (exact) mass is 577 g/mol. The van der Waals surface area contributed by atoms with Gasteiger partial charge in [0.05, 0.1) is 5.56 Å². The highest BCUT2D eigenvalue weighted by Gasteiger charge is 2.30. The molecule has 0 atom stereocenters. The molecule has 0 unspecified atom stereocenters. The maximum absolute atomic E-state index is 13.3. The van der Waals surface area contributed by atoms with Crippen molar-refractivity contribution in [3.05, 3.63) is 151 Å². The van der Waals surface area contributed by atoms with Gasteiger partial charge >= 0.3 is 6.18 Å². The first kappa shape index (κ1) is 26.3. The Morgan fingerprint density at radius 1 is 0.432 bits per heavy atom. The molecule has 1 nitrogen and oxygen atoms in total. The highest BCUT2D eigenvalue weighted by Crippen LogP contribution is 2.51. The van der Waals surface area contributed by atoms with E-state index in [0.717, 1.165) is 39.8 Å². The molecule has 0 aliphatic heterocycles. The van der Waals surface area contributed by atoms with E-state index in [4.69, 9.17) is 0 Å². The lowest BCUT2D eigenvalue weighted by Crippen LogP contribution is -2.11. The van der Waals surface area contributed by atoms with Gasteiger partial charge in [-0.1, -0.05) is 66.2 Å². The number of hydrogen-bond donors (Lipinski definition) is 0. The first-order chi connectivity index (χ1) is 21.3. The standard InChI is InChI=1S/C40H26F3N/c1-25-7-14-33(15-8-25)44(34-17-12-32(13-18-34)40(41,42)43)35-16-11-29-22-37-38-23-30-19-27(26-5-3-2-4-6-26)9-10-28(30)21-36(38)39(37)24-31(29)20-35/h2-24H,1H3. The Bertz CT molecular complexity index is 2200. The highest BCUT2D eigenvalue weighted by atomic mass is 19.4. The summed E-state index contributed by atoms with van der Waals surface area (Å²) in [6, 6.07) is 45.8. The van der Waals surface area contributed by atoms with E-state index in [-0.39, 0.29) is 0 Å². The van der Waals surface area contributed by atoms with Gasteiger partial charge in [-0.05, 0) is 141 Å². The SMILES string of the molecule is Cc1ccc(N(c2ccc(C(F)(F)F)cc2)c2ccc3cc4c(cc3c2)-c2cc3ccc(-c5ccccc5)cc3cc2-4)cc1. The minimum atomic E-state index is -4.39. The summed E-state index contributed by atoms with van der Waals surface area (Å²) in [5.41, 5.74) is 10.2. The lowest BCUT2D eigenvalue weighted by atomic mass is 9.77. The molecule has 7 aromatic rings. The van der Waals surface area contributed by atoms with Gasteiger partial charge in [-0.25, -0.2) is 0 Å². The van der Waals surface area contributed by atoms with E-state index in [2.05, 4.69) is 78.9 Å². The summed E-state index contributed by atoms with van der Waals surface area (Å²) in [4.78, 5) is 2.00. The molecule has 0 aromatic heterocycles. The van der Waals surface area contributed by atoms with Crippen molar-refractivity contribution in [2.75, 3.05) is 4.90 Å². The zero-order valence-corrected chi connectivity index (χ0v) is 23.9. The average Bonchev–Trinajstić information content (AvgIpc) is 3.04. The molecule has 44 heavy (non-hydrogen) atoms. The molecule has 0 radical (unpaired) electrons. The Morgan fingerprint density at radius 2 is 0.932 bits per heavy atom. The number of nitrogens with zero attached hydrogens (tertiary/aromatic N) is 1. The van der Waals surface area contributed by atoms with Gasteiger partial charge in [0.15, 0.2) is 0 Å². The molecule has 0 bridgehead atoms. The molecular weight excluding hydrogens is 551 g/mol. The molecule has 0 saturated carbocycles. The van der Waals surface area contributed by atoms with Gasteiger partial charge in [0.25, 0.3) is 0 Å². The zero-order chi connectivity index (χ0) is 30.0. The predicted octanol–water partition coefficient (Wildman–Crippen LogP) is 12.1. The van der Waals surface area contributed by atoms with Gasteiger partial charge in [0.2, 0.25) is 0 Å². The van der Waals surface area contributed by atoms with Gasteiger partial charge in [-0.3, -0.25) is 0 Å². The molecule has 212 valence electrons. The van der Waals surface area contributed by atoms with Crippen molar-refractivity contribution in [1.82, 2.24) is 0 Å². The lowest BCUT2D eigenvalue weighted by molar-refractivity contribution is -0.137. The van der Waals surface area contributed by atoms with Crippen molar-refractivity contribution < 1.29 is 13.2 Å². The van der Waals surface area contributed by atoms with Crippen molar-refractivity contribution in [3.8, 4) is 33.4 Å². The summed E-state index contributed by atoms with van der Waals surface area (Å²) in [6.07, 6.45) is -4.39. The van der Waals surface area contributed by atoms with E-state index in [9.17, 15) is 13.2 Å². The number of hydrogen-bond acceptors (Lipinski definition) is 1. The normalized spacial score (nSPS) is 12.1. The molecule has 0 fully saturated rings. The van der Waals surface area contributed by atoms with E-state index in [0.29, 0.717) is 5.69 Å². The Hall–Kier alpha value is -5.35. The van der Waals surface area contributed by atoms with Crippen LogP contribution >= 0.6 is 0 Å². The van der Waals surface area contributed by atoms with E-state index < -0.39 is 11.7 Å². The highest BCUT2D eigenvalue weighted by molar-refractivity contribution is 6.12. The quantitative estimate of drug-likeness (QED) is 0.201. The fraction of sp³-hybridized carbons (Fsp3) is 0.0500. The largest absolute Gasteiger partial charge is 0.416 e. The second kappa shape index (κ2) is 9.85. The predicted molar refractivity (Wildman–Crippen MR) is 176 cm³/mol. The van der Waals surface area contributed by atoms with E-state index >= 15 is 0 Å². The number of rotatable bonds is 4. The summed E-state index contributed by atoms with van der Waals surface area (Å²) >= 11 is 0. The summed E-state index contributed by atoms with van der Waals surface area (Å²) < 4.78 is 40.0. The van der Waals surface area contributed by atoms with Crippen LogP contribution in [-0.4, -0.2) is 0 Å². The van der Waals surface area contributed by atoms with Crippen LogP contribution < -0.4 is 4.90 Å². The van der Waals surface area contributed by atoms with E-state index in [1.807, 2.05) is 48.2 Å². The van der Waals surface area contributed by atoms with Crippen molar-refractivity contribution in [2.24, 2.45) is 0 Å². The molecule has 4 heteroatoms. The molecule has 0 heterocycles. The van der Waals surface area contributed by atoms with Crippen LogP contribution in [0, 0.1) is 6.92 Å². The average molecular weight is 578 g/mol. The molecule has 0 amide bonds. The second-order valence-corrected chi connectivity index (χ2v) is 11.5. The third-order valence-corrected chi connectivity index (χ3v) is 8.63. The Morgan fingerprint density at radius 3 is 1.52 bits per heavy atom. The fourth-order valence-corrected chi connectivity index (χ4v) is 6.30. The van der Waals surface area contributed by atoms with Gasteiger partial charge in [0, 0.05) is 17.1 Å². The van der Waals surface area contributed by atoms with Crippen LogP contribution in [0.3, 0.4) is 0 Å². The maximum Gasteiger partial charge on any atom is 0.416 e. The second-order valence-electron chi connectivity index (χ2n) is 11.5. The Labute approximate surface area is 253 Å². The van der Waals surface area contributed by atoms with Crippen LogP contribution in [0.4, 0.5) is 30.2 Å². The molecular formula is C40H26F3N. The van der Waals surface area contributed by atoms with Crippen LogP contribution in [0.25, 0.3) is 54.9 Å². The smallest absolute Gasteiger partial charge is 0.310 e. The summed E-state index contributed by atoms with van der Waals surface area (Å²) in [5.74, 6) is 0. The van der Waals surface area contributed by atoms with Crippen LogP contribution in [0.2, 0.25) is 0 Å². The number of alkyl halides is 3. The number of anilines is 3. The van der Waals surface area contributed by atoms with Gasteiger partial charge in [0.1, 0.15) is 0 Å². The molecule has 0 N–H and O–H groups in total. The van der Waals surface area contributed by atoms with Gasteiger partial charge in [-0.2, -0.15) is 13.2 Å². The first-order valence-electron chi connectivity index (χ1n) is 14.6. The maximum atomic E-state index is 13.3. The van der Waals surface area contributed by atoms with Crippen molar-refractivity contribution in [2.45, 2.75) is 13.1 Å². The zero-order valence-electron chi connectivity index (χ0n) is 23.9. The van der Waals surface area contributed by atoms with E-state index in [1.54, 1.807) is 0 Å². The van der Waals surface area contributed by atoms with Gasteiger partial charge in [-0.15, -0.1) is 0 Å². The van der Waals surface area contributed by atoms with E-state index in [1.165, 1.54) is 56.3 Å². The molecule has 0 spiro atoms. The summed E-state index contributed by atoms with van der Waals surface area (Å²) in [7, 11) is 0. The topological polar surface area (TPSA) is 3.24 Å². The van der Waals surface area contributed by atoms with Gasteiger partial charge < -0.3 is 4.90 Å². The van der Waals surface area contributed by atoms with Crippen molar-refractivity contribution >= 4 is 38.6 Å². The molecule has 0 saturated heterocycles. The number of aryl methyl sites for hydroxylation is 1. The minimum absolute atomic E-state index is 0.662. The minimum Gasteiger partial charge on any atom is -0.310 e. The summed E-state index contributed by atoms with van der Waals surface area (Å²) in [6.45, 7) is 2.02. The molecule has 1 aliphatic carbocycles. The third kappa shape index (κ3) is 4.42. The van der Waals surface area contributed by atoms with Crippen LogP contribution in [0.15, 0.2) is 140 Å². The Balaban J connectivity index is 1.20. The Kier molecular flexibility index (Phi) is 5.89. The van der Waals surface area contributed by atoms with Crippen LogP contribution in [0.5, 0.6) is 0 Å². The number of fused-ring (bicyclic) bond motifs is 6. The molecule has 7 aromatic carbocycles. The molecule has 1 aliphatic rings. The van der Waals surface area contributed by atoms with Crippen molar-refractivity contribution in [1.29, 1.82) is 0 Å². The number of benzene rings is 7. The number of halogens is 3. The first-order valence-corrected chi connectivity index (χ1v) is 14.6. The molecule has 8 rings (SSSR count). The lowest BCUT2D eigenvalue weighted by Gasteiger charge is -2.28.